The lowest BCUT2D eigenvalue weighted by atomic mass is 10.0. The highest BCUT2D eigenvalue weighted by Gasteiger charge is 2.35. The second-order valence-electron chi connectivity index (χ2n) is 9.04. The molecule has 2 aromatic carbocycles. The normalized spacial score (nSPS) is 12.9. The number of carbonyl (C=O) groups is 2. The van der Waals surface area contributed by atoms with E-state index in [1.165, 1.54) is 4.68 Å². The average molecular weight is 532 g/mol. The number of hydrogen-bond acceptors (Lipinski definition) is 5. The van der Waals surface area contributed by atoms with E-state index in [1.807, 2.05) is 38.1 Å². The average Bonchev–Trinajstić information content (AvgIpc) is 3.28. The van der Waals surface area contributed by atoms with Gasteiger partial charge in [-0.05, 0) is 75.2 Å². The Bertz CT molecular complexity index is 1660. The summed E-state index contributed by atoms with van der Waals surface area (Å²) in [7, 11) is 0. The number of amides is 2. The van der Waals surface area contributed by atoms with Gasteiger partial charge in [0, 0.05) is 29.6 Å². The van der Waals surface area contributed by atoms with E-state index in [0.29, 0.717) is 52.8 Å². The van der Waals surface area contributed by atoms with Gasteiger partial charge in [0.1, 0.15) is 11.4 Å². The highest BCUT2D eigenvalue weighted by Crippen LogP contribution is 2.32. The Morgan fingerprint density at radius 1 is 1.08 bits per heavy atom. The molecule has 0 atom stereocenters. The number of aromatic nitrogens is 3. The van der Waals surface area contributed by atoms with Crippen LogP contribution in [-0.4, -0.2) is 39.3 Å². The molecule has 0 saturated carbocycles. The zero-order valence-electron chi connectivity index (χ0n) is 21.2. The van der Waals surface area contributed by atoms with Gasteiger partial charge in [-0.3, -0.25) is 19.0 Å². The Balaban J connectivity index is 1.56. The number of anilines is 1. The highest BCUT2D eigenvalue weighted by atomic mass is 35.5. The molecule has 3 heterocycles. The lowest BCUT2D eigenvalue weighted by Gasteiger charge is -2.28. The van der Waals surface area contributed by atoms with Gasteiger partial charge in [-0.15, -0.1) is 0 Å². The number of rotatable bonds is 6. The topological polar surface area (TPSA) is 112 Å². The van der Waals surface area contributed by atoms with Crippen molar-refractivity contribution in [2.75, 3.05) is 18.1 Å². The van der Waals surface area contributed by atoms with Crippen molar-refractivity contribution in [1.29, 1.82) is 0 Å². The van der Waals surface area contributed by atoms with Crippen LogP contribution in [0.1, 0.15) is 44.6 Å². The van der Waals surface area contributed by atoms with Crippen LogP contribution in [0.3, 0.4) is 0 Å². The summed E-state index contributed by atoms with van der Waals surface area (Å²) < 4.78 is 8.52. The number of fused-ring (bicyclic) bond motifs is 1. The molecular weight excluding hydrogens is 506 g/mol. The van der Waals surface area contributed by atoms with E-state index in [2.05, 4.69) is 5.10 Å². The molecule has 194 valence electrons. The van der Waals surface area contributed by atoms with Gasteiger partial charge in [0.25, 0.3) is 17.4 Å². The molecule has 0 radical (unpaired) electrons. The molecule has 0 bridgehead atoms. The summed E-state index contributed by atoms with van der Waals surface area (Å²) in [5.74, 6) is -0.525. The van der Waals surface area contributed by atoms with Crippen molar-refractivity contribution in [2.45, 2.75) is 27.2 Å². The van der Waals surface area contributed by atoms with Crippen LogP contribution in [0.2, 0.25) is 5.02 Å². The van der Waals surface area contributed by atoms with Crippen molar-refractivity contribution in [1.82, 2.24) is 14.3 Å². The fourth-order valence-electron chi connectivity index (χ4n) is 4.75. The third kappa shape index (κ3) is 4.24. The van der Waals surface area contributed by atoms with Gasteiger partial charge in [0.05, 0.1) is 23.0 Å². The molecule has 38 heavy (non-hydrogen) atoms. The van der Waals surface area contributed by atoms with Gasteiger partial charge in [-0.1, -0.05) is 17.7 Å². The molecule has 2 aromatic heterocycles. The summed E-state index contributed by atoms with van der Waals surface area (Å²) in [6.45, 7) is 6.31. The van der Waals surface area contributed by atoms with E-state index in [9.17, 15) is 14.4 Å². The van der Waals surface area contributed by atoms with Crippen molar-refractivity contribution in [3.05, 3.63) is 98.2 Å². The molecule has 10 heteroatoms. The van der Waals surface area contributed by atoms with E-state index in [4.69, 9.17) is 22.1 Å². The van der Waals surface area contributed by atoms with Crippen LogP contribution in [-0.2, 0) is 6.42 Å². The summed E-state index contributed by atoms with van der Waals surface area (Å²) in [5, 5.41) is 4.76. The maximum atomic E-state index is 13.9. The molecule has 1 aliphatic rings. The van der Waals surface area contributed by atoms with Crippen LogP contribution >= 0.6 is 11.6 Å². The van der Waals surface area contributed by atoms with Crippen LogP contribution < -0.4 is 20.9 Å². The zero-order chi connectivity index (χ0) is 27.1. The third-order valence-electron chi connectivity index (χ3n) is 6.60. The fourth-order valence-corrected chi connectivity index (χ4v) is 4.98. The quantitative estimate of drug-likeness (QED) is 0.404. The standard InChI is InChI=1S/C28H26ClN5O4/c1-4-38-23-10-8-19(15-21(23)29)34-25-20(24(31-34)26(30)35)11-13-32(28(25)37)18-7-9-22(17(3)14-18)33-12-5-6-16(2)27(33)36/h5-10,12,14-15H,4,11,13H2,1-3H3,(H2,30,35). The molecule has 0 fully saturated rings. The second kappa shape index (κ2) is 9.83. The van der Waals surface area contributed by atoms with Crippen LogP contribution in [0.5, 0.6) is 5.75 Å². The molecule has 2 amide bonds. The molecule has 0 unspecified atom stereocenters. The first-order valence-electron chi connectivity index (χ1n) is 12.2. The maximum absolute atomic E-state index is 13.9. The van der Waals surface area contributed by atoms with Crippen molar-refractivity contribution in [3.63, 3.8) is 0 Å². The molecule has 0 aliphatic carbocycles. The Kier molecular flexibility index (Phi) is 6.54. The Hall–Kier alpha value is -4.37. The first-order chi connectivity index (χ1) is 18.2. The largest absolute Gasteiger partial charge is 0.492 e. The molecule has 0 spiro atoms. The van der Waals surface area contributed by atoms with Crippen molar-refractivity contribution >= 4 is 29.1 Å². The first kappa shape index (κ1) is 25.3. The van der Waals surface area contributed by atoms with Gasteiger partial charge >= 0.3 is 0 Å². The molecule has 9 nitrogen and oxygen atoms in total. The fraction of sp³-hybridized carbons (Fsp3) is 0.214. The minimum absolute atomic E-state index is 0.0587. The number of halogens is 1. The predicted molar refractivity (Wildman–Crippen MR) is 145 cm³/mol. The van der Waals surface area contributed by atoms with Gasteiger partial charge in [0.2, 0.25) is 0 Å². The summed E-state index contributed by atoms with van der Waals surface area (Å²) in [4.78, 5) is 40.3. The summed E-state index contributed by atoms with van der Waals surface area (Å²) in [6.07, 6.45) is 2.11. The van der Waals surface area contributed by atoms with Crippen LogP contribution in [0.15, 0.2) is 59.5 Å². The predicted octanol–water partition coefficient (Wildman–Crippen LogP) is 3.99. The molecule has 5 rings (SSSR count). The summed E-state index contributed by atoms with van der Waals surface area (Å²) in [6, 6.07) is 14.2. The lowest BCUT2D eigenvalue weighted by molar-refractivity contribution is 0.0972. The SMILES string of the molecule is CCOc1ccc(-n2nc(C(N)=O)c3c2C(=O)N(c2ccc(-n4cccc(C)c4=O)c(C)c2)CC3)cc1Cl. The van der Waals surface area contributed by atoms with Crippen molar-refractivity contribution in [2.24, 2.45) is 5.73 Å². The van der Waals surface area contributed by atoms with Gasteiger partial charge < -0.3 is 15.4 Å². The number of nitrogens with two attached hydrogens (primary N) is 1. The molecule has 2 N–H and O–H groups in total. The van der Waals surface area contributed by atoms with E-state index in [-0.39, 0.29) is 22.9 Å². The maximum Gasteiger partial charge on any atom is 0.277 e. The van der Waals surface area contributed by atoms with Crippen molar-refractivity contribution in [3.8, 4) is 17.1 Å². The number of nitrogens with zero attached hydrogens (tertiary/aromatic N) is 4. The van der Waals surface area contributed by atoms with E-state index < -0.39 is 5.91 Å². The Morgan fingerprint density at radius 3 is 2.53 bits per heavy atom. The van der Waals surface area contributed by atoms with Gasteiger partial charge in [0.15, 0.2) is 5.69 Å². The number of carbonyl (C=O) groups excluding carboxylic acids is 2. The lowest BCUT2D eigenvalue weighted by Crippen LogP contribution is -2.39. The Labute approximate surface area is 224 Å². The monoisotopic (exact) mass is 531 g/mol. The number of aryl methyl sites for hydroxylation is 2. The van der Waals surface area contributed by atoms with Crippen molar-refractivity contribution < 1.29 is 14.3 Å². The number of pyridine rings is 1. The number of primary amides is 1. The minimum Gasteiger partial charge on any atom is -0.492 e. The molecule has 0 saturated heterocycles. The van der Waals surface area contributed by atoms with Crippen LogP contribution in [0.4, 0.5) is 5.69 Å². The van der Waals surface area contributed by atoms with Gasteiger partial charge in [-0.2, -0.15) is 5.10 Å². The Morgan fingerprint density at radius 2 is 1.84 bits per heavy atom. The van der Waals surface area contributed by atoms with E-state index in [1.54, 1.807) is 46.9 Å². The van der Waals surface area contributed by atoms with E-state index in [0.717, 1.165) is 11.3 Å². The first-order valence-corrected chi connectivity index (χ1v) is 12.5. The minimum atomic E-state index is -0.706. The number of hydrogen-bond donors (Lipinski definition) is 1. The molecule has 1 aliphatic heterocycles. The van der Waals surface area contributed by atoms with Crippen LogP contribution in [0, 0.1) is 13.8 Å². The molecular formula is C28H26ClN5O4. The van der Waals surface area contributed by atoms with E-state index >= 15 is 0 Å². The summed E-state index contributed by atoms with van der Waals surface area (Å²) in [5.41, 5.74) is 9.71. The third-order valence-corrected chi connectivity index (χ3v) is 6.89. The zero-order valence-corrected chi connectivity index (χ0v) is 22.0. The highest BCUT2D eigenvalue weighted by molar-refractivity contribution is 6.32. The number of ether oxygens (including phenoxy) is 1. The smallest absolute Gasteiger partial charge is 0.277 e. The van der Waals surface area contributed by atoms with Crippen LogP contribution in [0.25, 0.3) is 11.4 Å². The summed E-state index contributed by atoms with van der Waals surface area (Å²) >= 11 is 6.40. The van der Waals surface area contributed by atoms with Gasteiger partial charge in [-0.25, -0.2) is 4.68 Å². The second-order valence-corrected chi connectivity index (χ2v) is 9.45. The molecule has 4 aromatic rings. The number of benzene rings is 2.